The fourth-order valence-electron chi connectivity index (χ4n) is 2.39. The first-order valence-electron chi connectivity index (χ1n) is 8.83. The number of carbonyl (C=O) groups is 2. The first kappa shape index (κ1) is 22.1. The van der Waals surface area contributed by atoms with Crippen molar-refractivity contribution in [2.45, 2.75) is 26.8 Å². The van der Waals surface area contributed by atoms with Gasteiger partial charge in [0.25, 0.3) is 10.0 Å². The van der Waals surface area contributed by atoms with Crippen LogP contribution < -0.4 is 4.72 Å². The van der Waals surface area contributed by atoms with Crippen molar-refractivity contribution in [3.05, 3.63) is 70.9 Å². The molecule has 0 fully saturated rings. The SMILES string of the molecule is CC(C)=CCn1cc(CC(C(=O)O)C(=O)NS(=O)(=O)/C=C/c2ccccc2)cn1. The zero-order valence-electron chi connectivity index (χ0n) is 16.1. The Morgan fingerprint density at radius 1 is 1.24 bits per heavy atom. The van der Waals surface area contributed by atoms with Gasteiger partial charge in [0.1, 0.15) is 5.92 Å². The van der Waals surface area contributed by atoms with Gasteiger partial charge in [0.15, 0.2) is 0 Å². The third-order valence-electron chi connectivity index (χ3n) is 3.91. The van der Waals surface area contributed by atoms with Gasteiger partial charge in [0.05, 0.1) is 18.1 Å². The second-order valence-corrected chi connectivity index (χ2v) is 8.24. The Kier molecular flexibility index (Phi) is 7.49. The largest absolute Gasteiger partial charge is 0.481 e. The summed E-state index contributed by atoms with van der Waals surface area (Å²) in [7, 11) is -4.13. The summed E-state index contributed by atoms with van der Waals surface area (Å²) in [5.74, 6) is -4.08. The van der Waals surface area contributed by atoms with Crippen LogP contribution in [-0.2, 0) is 32.6 Å². The molecule has 0 aliphatic rings. The fourth-order valence-corrected chi connectivity index (χ4v) is 3.22. The van der Waals surface area contributed by atoms with Crippen molar-refractivity contribution in [3.63, 3.8) is 0 Å². The first-order chi connectivity index (χ1) is 13.7. The standard InChI is InChI=1S/C20H23N3O5S/c1-15(2)8-10-23-14-17(13-21-23)12-18(20(25)26)19(24)22-29(27,28)11-9-16-6-4-3-5-7-16/h3-9,11,13-14,18H,10,12H2,1-2H3,(H,22,24)(H,25,26)/b11-9+. The number of amides is 1. The minimum atomic E-state index is -4.13. The lowest BCUT2D eigenvalue weighted by Crippen LogP contribution is -2.39. The lowest BCUT2D eigenvalue weighted by molar-refractivity contribution is -0.146. The molecule has 0 spiro atoms. The van der Waals surface area contributed by atoms with Crippen LogP contribution in [0.4, 0.5) is 0 Å². The van der Waals surface area contributed by atoms with E-state index in [1.807, 2.05) is 19.9 Å². The van der Waals surface area contributed by atoms with Crippen LogP contribution in [0.1, 0.15) is 25.0 Å². The van der Waals surface area contributed by atoms with E-state index in [0.29, 0.717) is 17.7 Å². The van der Waals surface area contributed by atoms with Crippen LogP contribution in [0.15, 0.2) is 59.8 Å². The Morgan fingerprint density at radius 3 is 2.55 bits per heavy atom. The number of carboxylic acids is 1. The second kappa shape index (κ2) is 9.83. The highest BCUT2D eigenvalue weighted by molar-refractivity contribution is 7.93. The van der Waals surface area contributed by atoms with Gasteiger partial charge in [-0.2, -0.15) is 5.10 Å². The van der Waals surface area contributed by atoms with Crippen LogP contribution in [0.3, 0.4) is 0 Å². The Labute approximate surface area is 169 Å². The molecule has 1 aromatic carbocycles. The molecule has 1 atom stereocenters. The number of sulfonamides is 1. The van der Waals surface area contributed by atoms with Crippen molar-refractivity contribution in [1.82, 2.24) is 14.5 Å². The monoisotopic (exact) mass is 417 g/mol. The lowest BCUT2D eigenvalue weighted by Gasteiger charge is -2.11. The molecular formula is C20H23N3O5S. The van der Waals surface area contributed by atoms with Crippen molar-refractivity contribution in [1.29, 1.82) is 0 Å². The number of aromatic nitrogens is 2. The van der Waals surface area contributed by atoms with Crippen molar-refractivity contribution in [3.8, 4) is 0 Å². The molecule has 154 valence electrons. The number of nitrogens with one attached hydrogen (secondary N) is 1. The normalized spacial score (nSPS) is 12.5. The quantitative estimate of drug-likeness (QED) is 0.477. The van der Waals surface area contributed by atoms with Crippen LogP contribution in [0, 0.1) is 5.92 Å². The van der Waals surface area contributed by atoms with E-state index in [0.717, 1.165) is 11.0 Å². The third kappa shape index (κ3) is 7.38. The molecule has 2 N–H and O–H groups in total. The predicted molar refractivity (Wildman–Crippen MR) is 109 cm³/mol. The van der Waals surface area contributed by atoms with E-state index in [1.54, 1.807) is 45.9 Å². The number of hydrogen-bond donors (Lipinski definition) is 2. The van der Waals surface area contributed by atoms with E-state index in [-0.39, 0.29) is 6.42 Å². The molecule has 8 nitrogen and oxygen atoms in total. The van der Waals surface area contributed by atoms with Crippen molar-refractivity contribution in [2.75, 3.05) is 0 Å². The van der Waals surface area contributed by atoms with E-state index < -0.39 is 27.8 Å². The summed E-state index contributed by atoms with van der Waals surface area (Å²) in [6, 6.07) is 8.65. The summed E-state index contributed by atoms with van der Waals surface area (Å²) in [5, 5.41) is 14.3. The van der Waals surface area contributed by atoms with E-state index in [2.05, 4.69) is 5.10 Å². The molecule has 1 unspecified atom stereocenters. The molecule has 0 bridgehead atoms. The summed E-state index contributed by atoms with van der Waals surface area (Å²) in [4.78, 5) is 23.8. The number of hydrogen-bond acceptors (Lipinski definition) is 5. The van der Waals surface area contributed by atoms with Gasteiger partial charge >= 0.3 is 5.97 Å². The summed E-state index contributed by atoms with van der Waals surface area (Å²) in [6.07, 6.45) is 6.19. The summed E-state index contributed by atoms with van der Waals surface area (Å²) in [6.45, 7) is 4.41. The van der Waals surface area contributed by atoms with Gasteiger partial charge in [-0.15, -0.1) is 0 Å². The van der Waals surface area contributed by atoms with Crippen LogP contribution in [-0.4, -0.2) is 35.2 Å². The lowest BCUT2D eigenvalue weighted by atomic mass is 10.0. The topological polar surface area (TPSA) is 118 Å². The third-order valence-corrected chi connectivity index (χ3v) is 4.89. The Bertz CT molecular complexity index is 1020. The Morgan fingerprint density at radius 2 is 1.93 bits per heavy atom. The first-order valence-corrected chi connectivity index (χ1v) is 10.4. The highest BCUT2D eigenvalue weighted by atomic mass is 32.2. The van der Waals surface area contributed by atoms with Crippen molar-refractivity contribution in [2.24, 2.45) is 5.92 Å². The molecule has 1 aromatic heterocycles. The number of benzene rings is 1. The van der Waals surface area contributed by atoms with Gasteiger partial charge < -0.3 is 5.11 Å². The Balaban J connectivity index is 2.06. The molecule has 0 saturated carbocycles. The van der Waals surface area contributed by atoms with Crippen LogP contribution in [0.5, 0.6) is 0 Å². The molecule has 9 heteroatoms. The van der Waals surface area contributed by atoms with Gasteiger partial charge in [0.2, 0.25) is 5.91 Å². The number of nitrogens with zero attached hydrogens (tertiary/aromatic N) is 2. The van der Waals surface area contributed by atoms with Gasteiger partial charge in [-0.3, -0.25) is 14.3 Å². The van der Waals surface area contributed by atoms with Crippen LogP contribution in [0.2, 0.25) is 0 Å². The summed E-state index contributed by atoms with van der Waals surface area (Å²) in [5.41, 5.74) is 2.26. The Hall–Kier alpha value is -3.20. The fraction of sp³-hybridized carbons (Fsp3) is 0.250. The highest BCUT2D eigenvalue weighted by Crippen LogP contribution is 2.11. The number of carbonyl (C=O) groups excluding carboxylic acids is 1. The molecule has 0 saturated heterocycles. The van der Waals surface area contributed by atoms with Gasteiger partial charge in [-0.25, -0.2) is 13.1 Å². The van der Waals surface area contributed by atoms with Crippen LogP contribution in [0.25, 0.3) is 6.08 Å². The maximum atomic E-state index is 12.3. The molecule has 1 amide bonds. The average Bonchev–Trinajstić information content (AvgIpc) is 3.11. The van der Waals surface area contributed by atoms with Gasteiger partial charge in [-0.05, 0) is 37.5 Å². The maximum absolute atomic E-state index is 12.3. The second-order valence-electron chi connectivity index (χ2n) is 6.67. The number of carboxylic acid groups (broad SMARTS) is 1. The van der Waals surface area contributed by atoms with Gasteiger partial charge in [-0.1, -0.05) is 42.0 Å². The molecule has 2 rings (SSSR count). The zero-order chi connectivity index (χ0) is 21.4. The van der Waals surface area contributed by atoms with Crippen molar-refractivity contribution < 1.29 is 23.1 Å². The molecule has 1 heterocycles. The zero-order valence-corrected chi connectivity index (χ0v) is 17.0. The minimum Gasteiger partial charge on any atom is -0.481 e. The highest BCUT2D eigenvalue weighted by Gasteiger charge is 2.29. The van der Waals surface area contributed by atoms with Crippen LogP contribution >= 0.6 is 0 Å². The molecule has 0 aliphatic carbocycles. The van der Waals surface area contributed by atoms with E-state index in [1.165, 1.54) is 12.3 Å². The molecule has 2 aromatic rings. The number of allylic oxidation sites excluding steroid dienone is 2. The number of aliphatic carboxylic acids is 1. The summed E-state index contributed by atoms with van der Waals surface area (Å²) < 4.78 is 27.6. The predicted octanol–water partition coefficient (Wildman–Crippen LogP) is 2.21. The molecule has 29 heavy (non-hydrogen) atoms. The minimum absolute atomic E-state index is 0.173. The van der Waals surface area contributed by atoms with E-state index >= 15 is 0 Å². The summed E-state index contributed by atoms with van der Waals surface area (Å²) >= 11 is 0. The molecule has 0 radical (unpaired) electrons. The molecular weight excluding hydrogens is 394 g/mol. The van der Waals surface area contributed by atoms with E-state index in [4.69, 9.17) is 0 Å². The van der Waals surface area contributed by atoms with Crippen molar-refractivity contribution >= 4 is 28.0 Å². The average molecular weight is 417 g/mol. The smallest absolute Gasteiger partial charge is 0.316 e. The number of rotatable bonds is 9. The molecule has 0 aliphatic heterocycles. The van der Waals surface area contributed by atoms with Gasteiger partial charge in [0, 0.05) is 6.20 Å². The van der Waals surface area contributed by atoms with E-state index in [9.17, 15) is 23.1 Å². The maximum Gasteiger partial charge on any atom is 0.316 e.